The summed E-state index contributed by atoms with van der Waals surface area (Å²) in [6.07, 6.45) is 0. The van der Waals surface area contributed by atoms with E-state index in [1.54, 1.807) is 19.2 Å². The standard InChI is InChI=1S/C19H23NO3S/c1-15-9-11-17(12-10-15)13-24(22,23)14-19(21)20(3)16(2)18-7-5-4-6-8-18/h4-12,16H,13-14H2,1-3H3/t16-/m0/s1. The predicted octanol–water partition coefficient (Wildman–Crippen LogP) is 3.13. The molecule has 0 saturated carbocycles. The van der Waals surface area contributed by atoms with Gasteiger partial charge in [0, 0.05) is 7.05 Å². The molecule has 2 aromatic rings. The SMILES string of the molecule is Cc1ccc(CS(=O)(=O)CC(=O)N(C)[C@@H](C)c2ccccc2)cc1. The van der Waals surface area contributed by atoms with E-state index in [9.17, 15) is 13.2 Å². The molecule has 24 heavy (non-hydrogen) atoms. The summed E-state index contributed by atoms with van der Waals surface area (Å²) in [5, 5.41) is 0. The van der Waals surface area contributed by atoms with Crippen LogP contribution >= 0.6 is 0 Å². The van der Waals surface area contributed by atoms with E-state index in [1.165, 1.54) is 4.90 Å². The Labute approximate surface area is 144 Å². The molecule has 0 aliphatic rings. The lowest BCUT2D eigenvalue weighted by Gasteiger charge is -2.25. The molecule has 0 bridgehead atoms. The summed E-state index contributed by atoms with van der Waals surface area (Å²) >= 11 is 0. The molecule has 0 saturated heterocycles. The summed E-state index contributed by atoms with van der Waals surface area (Å²) in [6.45, 7) is 3.83. The number of amides is 1. The summed E-state index contributed by atoms with van der Waals surface area (Å²) in [5.74, 6) is -0.986. The third-order valence-corrected chi connectivity index (χ3v) is 5.57. The number of benzene rings is 2. The van der Waals surface area contributed by atoms with E-state index in [0.29, 0.717) is 5.56 Å². The van der Waals surface area contributed by atoms with Crippen molar-refractivity contribution in [2.24, 2.45) is 0 Å². The number of hydrogen-bond donors (Lipinski definition) is 0. The smallest absolute Gasteiger partial charge is 0.238 e. The molecule has 0 heterocycles. The second-order valence-electron chi connectivity index (χ2n) is 6.11. The first-order valence-corrected chi connectivity index (χ1v) is 9.67. The maximum Gasteiger partial charge on any atom is 0.238 e. The second kappa shape index (κ2) is 7.62. The lowest BCUT2D eigenvalue weighted by Crippen LogP contribution is -2.34. The van der Waals surface area contributed by atoms with Crippen LogP contribution in [0.25, 0.3) is 0 Å². The maximum absolute atomic E-state index is 12.4. The minimum Gasteiger partial charge on any atom is -0.338 e. The third kappa shape index (κ3) is 4.93. The van der Waals surface area contributed by atoms with Gasteiger partial charge in [-0.25, -0.2) is 8.42 Å². The topological polar surface area (TPSA) is 54.5 Å². The van der Waals surface area contributed by atoms with Crippen LogP contribution in [-0.4, -0.2) is 32.0 Å². The van der Waals surface area contributed by atoms with E-state index in [1.807, 2.05) is 56.3 Å². The first-order valence-electron chi connectivity index (χ1n) is 7.85. The molecule has 0 fully saturated rings. The lowest BCUT2D eigenvalue weighted by atomic mass is 10.1. The van der Waals surface area contributed by atoms with Gasteiger partial charge in [0.15, 0.2) is 9.84 Å². The molecule has 0 spiro atoms. The van der Waals surface area contributed by atoms with Crippen molar-refractivity contribution in [3.63, 3.8) is 0 Å². The Balaban J connectivity index is 2.03. The molecule has 4 nitrogen and oxygen atoms in total. The number of aryl methyl sites for hydroxylation is 1. The summed E-state index contributed by atoms with van der Waals surface area (Å²) in [7, 11) is -1.86. The van der Waals surface area contributed by atoms with Crippen molar-refractivity contribution in [1.29, 1.82) is 0 Å². The Morgan fingerprint density at radius 1 is 1.04 bits per heavy atom. The highest BCUT2D eigenvalue weighted by atomic mass is 32.2. The van der Waals surface area contributed by atoms with Crippen LogP contribution in [0.3, 0.4) is 0 Å². The Bertz CT molecular complexity index is 783. The minimum absolute atomic E-state index is 0.118. The van der Waals surface area contributed by atoms with Crippen LogP contribution in [0.1, 0.15) is 29.7 Å². The van der Waals surface area contributed by atoms with Crippen molar-refractivity contribution < 1.29 is 13.2 Å². The number of nitrogens with zero attached hydrogens (tertiary/aromatic N) is 1. The Morgan fingerprint density at radius 2 is 1.62 bits per heavy atom. The van der Waals surface area contributed by atoms with Crippen LogP contribution in [0.5, 0.6) is 0 Å². The minimum atomic E-state index is -3.50. The molecule has 1 atom stereocenters. The molecule has 0 N–H and O–H groups in total. The first-order chi connectivity index (χ1) is 11.3. The molecular weight excluding hydrogens is 322 g/mol. The van der Waals surface area contributed by atoms with Crippen molar-refractivity contribution in [2.45, 2.75) is 25.6 Å². The van der Waals surface area contributed by atoms with Crippen LogP contribution < -0.4 is 0 Å². The summed E-state index contributed by atoms with van der Waals surface area (Å²) < 4.78 is 24.6. The highest BCUT2D eigenvalue weighted by Gasteiger charge is 2.23. The van der Waals surface area contributed by atoms with Gasteiger partial charge < -0.3 is 4.90 Å². The fourth-order valence-corrected chi connectivity index (χ4v) is 3.83. The Kier molecular flexibility index (Phi) is 5.78. The first kappa shape index (κ1) is 18.2. The van der Waals surface area contributed by atoms with Crippen molar-refractivity contribution >= 4 is 15.7 Å². The third-order valence-electron chi connectivity index (χ3n) is 4.11. The molecule has 128 valence electrons. The average molecular weight is 345 g/mol. The molecule has 0 aromatic heterocycles. The van der Waals surface area contributed by atoms with E-state index in [-0.39, 0.29) is 11.8 Å². The molecule has 2 aromatic carbocycles. The number of rotatable bonds is 6. The van der Waals surface area contributed by atoms with Crippen molar-refractivity contribution in [3.05, 3.63) is 71.3 Å². The van der Waals surface area contributed by atoms with Gasteiger partial charge in [-0.15, -0.1) is 0 Å². The van der Waals surface area contributed by atoms with Gasteiger partial charge >= 0.3 is 0 Å². The molecule has 5 heteroatoms. The van der Waals surface area contributed by atoms with E-state index in [0.717, 1.165) is 11.1 Å². The lowest BCUT2D eigenvalue weighted by molar-refractivity contribution is -0.129. The van der Waals surface area contributed by atoms with Crippen molar-refractivity contribution in [3.8, 4) is 0 Å². The molecule has 0 unspecified atom stereocenters. The molecular formula is C19H23NO3S. The van der Waals surface area contributed by atoms with E-state index >= 15 is 0 Å². The monoisotopic (exact) mass is 345 g/mol. The number of sulfone groups is 1. The van der Waals surface area contributed by atoms with Gasteiger partial charge in [0.25, 0.3) is 0 Å². The van der Waals surface area contributed by atoms with Gasteiger partial charge in [-0.3, -0.25) is 4.79 Å². The fourth-order valence-electron chi connectivity index (χ4n) is 2.45. The second-order valence-corrected chi connectivity index (χ2v) is 8.17. The molecule has 1 amide bonds. The zero-order valence-corrected chi connectivity index (χ0v) is 15.1. The normalized spacial score (nSPS) is 12.6. The fraction of sp³-hybridized carbons (Fsp3) is 0.316. The van der Waals surface area contributed by atoms with Gasteiger partial charge in [0.05, 0.1) is 11.8 Å². The van der Waals surface area contributed by atoms with Crippen LogP contribution in [0.15, 0.2) is 54.6 Å². The molecule has 0 radical (unpaired) electrons. The molecule has 0 aliphatic heterocycles. The Morgan fingerprint density at radius 3 is 2.21 bits per heavy atom. The largest absolute Gasteiger partial charge is 0.338 e. The van der Waals surface area contributed by atoms with Gasteiger partial charge in [-0.2, -0.15) is 0 Å². The van der Waals surface area contributed by atoms with Crippen molar-refractivity contribution in [1.82, 2.24) is 4.90 Å². The Hall–Kier alpha value is -2.14. The average Bonchev–Trinajstić information content (AvgIpc) is 2.55. The van der Waals surface area contributed by atoms with Gasteiger partial charge in [0.2, 0.25) is 5.91 Å². The van der Waals surface area contributed by atoms with Crippen LogP contribution in [0, 0.1) is 6.92 Å². The van der Waals surface area contributed by atoms with Gasteiger partial charge in [0.1, 0.15) is 5.75 Å². The summed E-state index contributed by atoms with van der Waals surface area (Å²) in [6, 6.07) is 16.7. The molecule has 2 rings (SSSR count). The van der Waals surface area contributed by atoms with Crippen LogP contribution in [-0.2, 0) is 20.4 Å². The van der Waals surface area contributed by atoms with Gasteiger partial charge in [-0.1, -0.05) is 60.2 Å². The highest BCUT2D eigenvalue weighted by Crippen LogP contribution is 2.19. The van der Waals surface area contributed by atoms with E-state index < -0.39 is 21.5 Å². The van der Waals surface area contributed by atoms with Crippen LogP contribution in [0.4, 0.5) is 0 Å². The van der Waals surface area contributed by atoms with E-state index in [4.69, 9.17) is 0 Å². The van der Waals surface area contributed by atoms with E-state index in [2.05, 4.69) is 0 Å². The summed E-state index contributed by atoms with van der Waals surface area (Å²) in [4.78, 5) is 13.9. The van der Waals surface area contributed by atoms with Crippen molar-refractivity contribution in [2.75, 3.05) is 12.8 Å². The van der Waals surface area contributed by atoms with Crippen LogP contribution in [0.2, 0.25) is 0 Å². The molecule has 0 aliphatic carbocycles. The number of carbonyl (C=O) groups excluding carboxylic acids is 1. The summed E-state index contributed by atoms with van der Waals surface area (Å²) in [5.41, 5.74) is 2.75. The maximum atomic E-state index is 12.4. The zero-order valence-electron chi connectivity index (χ0n) is 14.3. The number of hydrogen-bond acceptors (Lipinski definition) is 3. The predicted molar refractivity (Wildman–Crippen MR) is 96.3 cm³/mol. The quantitative estimate of drug-likeness (QED) is 0.808. The number of carbonyl (C=O) groups is 1. The van der Waals surface area contributed by atoms with Gasteiger partial charge in [-0.05, 0) is 25.0 Å². The highest BCUT2D eigenvalue weighted by molar-refractivity contribution is 7.91. The zero-order chi connectivity index (χ0) is 17.7.